The van der Waals surface area contributed by atoms with Gasteiger partial charge in [-0.25, -0.2) is 8.78 Å². The average molecular weight is 341 g/mol. The number of benzene rings is 2. The summed E-state index contributed by atoms with van der Waals surface area (Å²) in [7, 11) is 0. The minimum absolute atomic E-state index is 0.264. The number of hydrogen-bond acceptors (Lipinski definition) is 4. The fourth-order valence-corrected chi connectivity index (χ4v) is 3.07. The molecule has 5 nitrogen and oxygen atoms in total. The van der Waals surface area contributed by atoms with Gasteiger partial charge in [0.2, 0.25) is 0 Å². The van der Waals surface area contributed by atoms with Gasteiger partial charge in [0.05, 0.1) is 24.1 Å². The normalized spacial score (nSPS) is 16.9. The van der Waals surface area contributed by atoms with Crippen molar-refractivity contribution in [2.24, 2.45) is 5.73 Å². The summed E-state index contributed by atoms with van der Waals surface area (Å²) in [5.74, 6) is -0.0184. The van der Waals surface area contributed by atoms with E-state index in [1.165, 1.54) is 12.1 Å². The van der Waals surface area contributed by atoms with Gasteiger partial charge in [-0.15, -0.1) is 0 Å². The third kappa shape index (κ3) is 2.53. The molecule has 0 bridgehead atoms. The molecule has 1 aliphatic rings. The van der Waals surface area contributed by atoms with Crippen LogP contribution in [0, 0.1) is 18.6 Å². The lowest BCUT2D eigenvalue weighted by Crippen LogP contribution is -2.46. The minimum Gasteiger partial charge on any atom is -0.334 e. The summed E-state index contributed by atoms with van der Waals surface area (Å²) in [5.41, 5.74) is 8.66. The highest BCUT2D eigenvalue weighted by molar-refractivity contribution is 5.69. The van der Waals surface area contributed by atoms with Gasteiger partial charge in [-0.3, -0.25) is 5.10 Å². The van der Waals surface area contributed by atoms with Crippen molar-refractivity contribution < 1.29 is 8.78 Å². The third-order valence-corrected chi connectivity index (χ3v) is 4.50. The van der Waals surface area contributed by atoms with Crippen LogP contribution in [0.25, 0.3) is 0 Å². The molecule has 3 N–H and O–H groups in total. The second-order valence-electron chi connectivity index (χ2n) is 6.04. The van der Waals surface area contributed by atoms with Crippen molar-refractivity contribution in [3.05, 3.63) is 71.4 Å². The zero-order valence-electron chi connectivity index (χ0n) is 13.6. The number of hydrogen-bond donors (Lipinski definition) is 2. The third-order valence-electron chi connectivity index (χ3n) is 4.50. The quantitative estimate of drug-likeness (QED) is 0.748. The van der Waals surface area contributed by atoms with E-state index in [1.807, 2.05) is 11.0 Å². The van der Waals surface area contributed by atoms with E-state index < -0.39 is 6.17 Å². The van der Waals surface area contributed by atoms with Crippen molar-refractivity contribution in [2.75, 3.05) is 16.5 Å². The first-order chi connectivity index (χ1) is 12.1. The number of anilines is 3. The SMILES string of the molecule is Cc1ccc(N2CN(c3ccccc3F)c3[nH]ncc3C2N)cc1F. The van der Waals surface area contributed by atoms with Crippen LogP contribution in [0.15, 0.2) is 48.7 Å². The minimum atomic E-state index is -0.515. The predicted molar refractivity (Wildman–Crippen MR) is 92.5 cm³/mol. The second kappa shape index (κ2) is 5.86. The Hall–Kier alpha value is -2.93. The van der Waals surface area contributed by atoms with E-state index in [0.717, 1.165) is 5.56 Å². The number of nitrogens with two attached hydrogens (primary N) is 1. The van der Waals surface area contributed by atoms with Gasteiger partial charge in [0.1, 0.15) is 23.6 Å². The lowest BCUT2D eigenvalue weighted by molar-refractivity contribution is 0.587. The second-order valence-corrected chi connectivity index (χ2v) is 6.04. The lowest BCUT2D eigenvalue weighted by Gasteiger charge is -2.41. The van der Waals surface area contributed by atoms with Crippen molar-refractivity contribution in [3.63, 3.8) is 0 Å². The van der Waals surface area contributed by atoms with E-state index in [9.17, 15) is 8.78 Å². The molecule has 0 saturated carbocycles. The summed E-state index contributed by atoms with van der Waals surface area (Å²) in [6.07, 6.45) is 1.10. The molecule has 0 spiro atoms. The predicted octanol–water partition coefficient (Wildman–Crippen LogP) is 3.57. The molecule has 2 aromatic carbocycles. The Kier molecular flexibility index (Phi) is 3.65. The fourth-order valence-electron chi connectivity index (χ4n) is 3.07. The van der Waals surface area contributed by atoms with E-state index in [0.29, 0.717) is 22.8 Å². The Bertz CT molecular complexity index is 923. The Morgan fingerprint density at radius 2 is 1.96 bits per heavy atom. The highest BCUT2D eigenvalue weighted by Crippen LogP contribution is 2.39. The van der Waals surface area contributed by atoms with Gasteiger partial charge in [0.15, 0.2) is 0 Å². The summed E-state index contributed by atoms with van der Waals surface area (Å²) in [5, 5.41) is 6.93. The molecule has 4 rings (SSSR count). The molecule has 2 heterocycles. The van der Waals surface area contributed by atoms with Gasteiger partial charge in [-0.1, -0.05) is 18.2 Å². The summed E-state index contributed by atoms with van der Waals surface area (Å²) < 4.78 is 28.4. The molecule has 0 saturated heterocycles. The standard InChI is InChI=1S/C18H17F2N5/c1-11-6-7-12(8-15(11)20)24-10-25(16-5-3-2-4-14(16)19)18-13(17(24)21)9-22-23-18/h2-9,17H,10,21H2,1H3,(H,22,23). The summed E-state index contributed by atoms with van der Waals surface area (Å²) in [6, 6.07) is 11.4. The number of H-pyrrole nitrogens is 1. The molecule has 1 atom stereocenters. The molecule has 0 fully saturated rings. The maximum absolute atomic E-state index is 14.3. The van der Waals surface area contributed by atoms with E-state index >= 15 is 0 Å². The van der Waals surface area contributed by atoms with Crippen LogP contribution in [0.5, 0.6) is 0 Å². The number of aromatic amines is 1. The molecule has 0 amide bonds. The molecule has 7 heteroatoms. The largest absolute Gasteiger partial charge is 0.334 e. The molecule has 3 aromatic rings. The molecule has 1 aliphatic heterocycles. The van der Waals surface area contributed by atoms with Crippen LogP contribution >= 0.6 is 0 Å². The molecule has 0 radical (unpaired) electrons. The van der Waals surface area contributed by atoms with E-state index in [-0.39, 0.29) is 18.3 Å². The van der Waals surface area contributed by atoms with Crippen molar-refractivity contribution in [3.8, 4) is 0 Å². The number of rotatable bonds is 2. The van der Waals surface area contributed by atoms with Gasteiger partial charge in [0, 0.05) is 5.69 Å². The van der Waals surface area contributed by atoms with E-state index in [1.54, 1.807) is 42.3 Å². The van der Waals surface area contributed by atoms with Gasteiger partial charge in [-0.2, -0.15) is 5.10 Å². The molecule has 25 heavy (non-hydrogen) atoms. The summed E-state index contributed by atoms with van der Waals surface area (Å²) >= 11 is 0. The zero-order chi connectivity index (χ0) is 17.6. The zero-order valence-corrected chi connectivity index (χ0v) is 13.6. The fraction of sp³-hybridized carbons (Fsp3) is 0.167. The number of aromatic nitrogens is 2. The van der Waals surface area contributed by atoms with Gasteiger partial charge >= 0.3 is 0 Å². The summed E-state index contributed by atoms with van der Waals surface area (Å²) in [6.45, 7) is 1.97. The van der Waals surface area contributed by atoms with Crippen LogP contribution in [-0.2, 0) is 0 Å². The van der Waals surface area contributed by atoms with Crippen molar-refractivity contribution in [2.45, 2.75) is 13.1 Å². The maximum atomic E-state index is 14.3. The van der Waals surface area contributed by atoms with Crippen LogP contribution in [0.1, 0.15) is 17.3 Å². The number of aryl methyl sites for hydroxylation is 1. The molecule has 1 unspecified atom stereocenters. The molecule has 0 aliphatic carbocycles. The van der Waals surface area contributed by atoms with Crippen LogP contribution in [0.3, 0.4) is 0 Å². The Labute approximate surface area is 143 Å². The lowest BCUT2D eigenvalue weighted by atomic mass is 10.1. The maximum Gasteiger partial charge on any atom is 0.146 e. The first-order valence-corrected chi connectivity index (χ1v) is 7.90. The van der Waals surface area contributed by atoms with Crippen LogP contribution in [0.4, 0.5) is 26.0 Å². The number of para-hydroxylation sites is 1. The van der Waals surface area contributed by atoms with E-state index in [4.69, 9.17) is 5.73 Å². The number of nitrogens with zero attached hydrogens (tertiary/aromatic N) is 3. The van der Waals surface area contributed by atoms with Crippen LogP contribution in [-0.4, -0.2) is 16.9 Å². The number of nitrogens with one attached hydrogen (secondary N) is 1. The Balaban J connectivity index is 1.81. The Morgan fingerprint density at radius 3 is 2.72 bits per heavy atom. The topological polar surface area (TPSA) is 61.2 Å². The molecular weight excluding hydrogens is 324 g/mol. The number of fused-ring (bicyclic) bond motifs is 1. The average Bonchev–Trinajstić information content (AvgIpc) is 3.09. The first-order valence-electron chi connectivity index (χ1n) is 7.90. The molecule has 128 valence electrons. The molecular formula is C18H17F2N5. The van der Waals surface area contributed by atoms with Crippen LogP contribution in [0.2, 0.25) is 0 Å². The smallest absolute Gasteiger partial charge is 0.146 e. The van der Waals surface area contributed by atoms with Gasteiger partial charge in [-0.05, 0) is 36.8 Å². The van der Waals surface area contributed by atoms with Gasteiger partial charge < -0.3 is 15.5 Å². The Morgan fingerprint density at radius 1 is 1.16 bits per heavy atom. The van der Waals surface area contributed by atoms with Crippen molar-refractivity contribution >= 4 is 17.2 Å². The van der Waals surface area contributed by atoms with Crippen molar-refractivity contribution in [1.29, 1.82) is 0 Å². The number of halogens is 2. The monoisotopic (exact) mass is 341 g/mol. The summed E-state index contributed by atoms with van der Waals surface area (Å²) in [4.78, 5) is 3.56. The highest BCUT2D eigenvalue weighted by atomic mass is 19.1. The molecule has 1 aromatic heterocycles. The van der Waals surface area contributed by atoms with Crippen LogP contribution < -0.4 is 15.5 Å². The van der Waals surface area contributed by atoms with Gasteiger partial charge in [0.25, 0.3) is 0 Å². The van der Waals surface area contributed by atoms with Crippen molar-refractivity contribution in [1.82, 2.24) is 10.2 Å². The van der Waals surface area contributed by atoms with E-state index in [2.05, 4.69) is 10.2 Å². The first kappa shape index (κ1) is 15.6. The highest BCUT2D eigenvalue weighted by Gasteiger charge is 2.33.